The summed E-state index contributed by atoms with van der Waals surface area (Å²) in [5.41, 5.74) is 0.471. The molecule has 1 amide bonds. The summed E-state index contributed by atoms with van der Waals surface area (Å²) in [5.74, 6) is -0.169. The molecular formula is C14H22ClN3O3S. The Bertz CT molecular complexity index is 596. The molecule has 1 aromatic carbocycles. The maximum absolute atomic E-state index is 12.1. The Morgan fingerprint density at radius 3 is 2.41 bits per heavy atom. The minimum absolute atomic E-state index is 0. The fourth-order valence-corrected chi connectivity index (χ4v) is 3.13. The molecule has 22 heavy (non-hydrogen) atoms. The van der Waals surface area contributed by atoms with Crippen LogP contribution in [0.15, 0.2) is 29.2 Å². The second kappa shape index (κ2) is 7.92. The Morgan fingerprint density at radius 2 is 1.91 bits per heavy atom. The van der Waals surface area contributed by atoms with Crippen molar-refractivity contribution in [2.75, 3.05) is 27.2 Å². The first kappa shape index (κ1) is 18.9. The molecule has 8 heteroatoms. The minimum Gasteiger partial charge on any atom is -0.348 e. The maximum Gasteiger partial charge on any atom is 0.251 e. The highest BCUT2D eigenvalue weighted by Gasteiger charge is 2.19. The van der Waals surface area contributed by atoms with Crippen molar-refractivity contribution in [3.63, 3.8) is 0 Å². The van der Waals surface area contributed by atoms with Crippen molar-refractivity contribution in [1.29, 1.82) is 0 Å². The molecule has 2 rings (SSSR count). The second-order valence-electron chi connectivity index (χ2n) is 5.33. The maximum atomic E-state index is 12.1. The molecule has 1 heterocycles. The molecule has 6 nitrogen and oxygen atoms in total. The van der Waals surface area contributed by atoms with Gasteiger partial charge in [0.2, 0.25) is 10.0 Å². The van der Waals surface area contributed by atoms with Gasteiger partial charge < -0.3 is 10.6 Å². The van der Waals surface area contributed by atoms with Crippen LogP contribution in [0.3, 0.4) is 0 Å². The Labute approximate surface area is 137 Å². The van der Waals surface area contributed by atoms with E-state index in [1.807, 2.05) is 0 Å². The lowest BCUT2D eigenvalue weighted by Gasteiger charge is -2.23. The summed E-state index contributed by atoms with van der Waals surface area (Å²) < 4.78 is 25.0. The molecule has 1 fully saturated rings. The Balaban J connectivity index is 0.00000242. The van der Waals surface area contributed by atoms with Crippen LogP contribution in [0, 0.1) is 0 Å². The van der Waals surface area contributed by atoms with Crippen LogP contribution >= 0.6 is 12.4 Å². The number of carbonyl (C=O) groups is 1. The van der Waals surface area contributed by atoms with Crippen LogP contribution in [-0.2, 0) is 10.0 Å². The number of nitrogens with one attached hydrogen (secondary N) is 2. The van der Waals surface area contributed by atoms with Gasteiger partial charge in [-0.25, -0.2) is 12.7 Å². The van der Waals surface area contributed by atoms with E-state index in [0.717, 1.165) is 30.2 Å². The quantitative estimate of drug-likeness (QED) is 0.846. The Morgan fingerprint density at radius 1 is 1.27 bits per heavy atom. The Kier molecular flexibility index (Phi) is 6.80. The lowest BCUT2D eigenvalue weighted by molar-refractivity contribution is 0.0930. The number of benzene rings is 1. The standard InChI is InChI=1S/C14H21N3O3S.ClH/c1-17(2)21(19,20)13-7-5-11(6-8-13)14(18)16-12-4-3-9-15-10-12;/h5-8,12,15H,3-4,9-10H2,1-2H3,(H,16,18);1H/t12-;/m0./s1. The molecule has 0 aromatic heterocycles. The van der Waals surface area contributed by atoms with E-state index in [2.05, 4.69) is 10.6 Å². The van der Waals surface area contributed by atoms with Gasteiger partial charge in [0.05, 0.1) is 4.90 Å². The van der Waals surface area contributed by atoms with E-state index in [4.69, 9.17) is 0 Å². The number of sulfonamides is 1. The molecule has 1 aliphatic rings. The van der Waals surface area contributed by atoms with Gasteiger partial charge in [0, 0.05) is 32.2 Å². The van der Waals surface area contributed by atoms with Gasteiger partial charge in [-0.2, -0.15) is 0 Å². The average molecular weight is 348 g/mol. The van der Waals surface area contributed by atoms with E-state index in [9.17, 15) is 13.2 Å². The van der Waals surface area contributed by atoms with Crippen molar-refractivity contribution in [1.82, 2.24) is 14.9 Å². The molecule has 0 bridgehead atoms. The molecule has 1 aromatic rings. The summed E-state index contributed by atoms with van der Waals surface area (Å²) in [6.07, 6.45) is 2.01. The number of carbonyl (C=O) groups excluding carboxylic acids is 1. The average Bonchev–Trinajstić information content (AvgIpc) is 2.48. The van der Waals surface area contributed by atoms with Crippen molar-refractivity contribution >= 4 is 28.3 Å². The fraction of sp³-hybridized carbons (Fsp3) is 0.500. The summed E-state index contributed by atoms with van der Waals surface area (Å²) in [6.45, 7) is 1.77. The Hall–Kier alpha value is -1.15. The summed E-state index contributed by atoms with van der Waals surface area (Å²) in [6, 6.07) is 6.15. The molecule has 1 saturated heterocycles. The van der Waals surface area contributed by atoms with E-state index in [1.54, 1.807) is 12.1 Å². The number of amides is 1. The highest BCUT2D eigenvalue weighted by atomic mass is 35.5. The molecule has 1 atom stereocenters. The van der Waals surface area contributed by atoms with Crippen molar-refractivity contribution in [3.05, 3.63) is 29.8 Å². The lowest BCUT2D eigenvalue weighted by Crippen LogP contribution is -2.45. The second-order valence-corrected chi connectivity index (χ2v) is 7.48. The summed E-state index contributed by atoms with van der Waals surface area (Å²) in [5, 5.41) is 6.19. The summed E-state index contributed by atoms with van der Waals surface area (Å²) >= 11 is 0. The molecule has 0 aliphatic carbocycles. The monoisotopic (exact) mass is 347 g/mol. The van der Waals surface area contributed by atoms with Crippen LogP contribution in [0.1, 0.15) is 23.2 Å². The van der Waals surface area contributed by atoms with Gasteiger partial charge in [-0.15, -0.1) is 12.4 Å². The number of piperidine rings is 1. The van der Waals surface area contributed by atoms with Crippen LogP contribution in [0.5, 0.6) is 0 Å². The SMILES string of the molecule is CN(C)S(=O)(=O)c1ccc(C(=O)N[C@H]2CCCNC2)cc1.Cl. The fourth-order valence-electron chi connectivity index (χ4n) is 2.23. The zero-order chi connectivity index (χ0) is 15.5. The van der Waals surface area contributed by atoms with E-state index in [0.29, 0.717) is 5.56 Å². The predicted molar refractivity (Wildman–Crippen MR) is 87.9 cm³/mol. The molecule has 0 spiro atoms. The highest BCUT2D eigenvalue weighted by molar-refractivity contribution is 7.89. The first-order valence-electron chi connectivity index (χ1n) is 6.95. The molecular weight excluding hydrogens is 326 g/mol. The number of hydrogen-bond donors (Lipinski definition) is 2. The smallest absolute Gasteiger partial charge is 0.251 e. The van der Waals surface area contributed by atoms with Crippen LogP contribution in [0.2, 0.25) is 0 Å². The molecule has 124 valence electrons. The van der Waals surface area contributed by atoms with E-state index in [1.165, 1.54) is 26.2 Å². The molecule has 1 aliphatic heterocycles. The van der Waals surface area contributed by atoms with Gasteiger partial charge in [0.25, 0.3) is 5.91 Å². The number of halogens is 1. The first-order valence-corrected chi connectivity index (χ1v) is 8.39. The van der Waals surface area contributed by atoms with E-state index in [-0.39, 0.29) is 29.3 Å². The van der Waals surface area contributed by atoms with Crippen LogP contribution in [0.4, 0.5) is 0 Å². The first-order chi connectivity index (χ1) is 9.91. The zero-order valence-corrected chi connectivity index (χ0v) is 14.3. The van der Waals surface area contributed by atoms with E-state index >= 15 is 0 Å². The molecule has 0 radical (unpaired) electrons. The molecule has 0 unspecified atom stereocenters. The third kappa shape index (κ3) is 4.42. The normalized spacial score (nSPS) is 18.6. The van der Waals surface area contributed by atoms with E-state index < -0.39 is 10.0 Å². The minimum atomic E-state index is -3.45. The van der Waals surface area contributed by atoms with Gasteiger partial charge in [-0.05, 0) is 43.7 Å². The molecule has 0 saturated carbocycles. The van der Waals surface area contributed by atoms with Gasteiger partial charge in [0.1, 0.15) is 0 Å². The van der Waals surface area contributed by atoms with Gasteiger partial charge >= 0.3 is 0 Å². The number of hydrogen-bond acceptors (Lipinski definition) is 4. The largest absolute Gasteiger partial charge is 0.348 e. The van der Waals surface area contributed by atoms with Gasteiger partial charge in [-0.1, -0.05) is 0 Å². The predicted octanol–water partition coefficient (Wildman–Crippen LogP) is 0.841. The van der Waals surface area contributed by atoms with Crippen molar-refractivity contribution < 1.29 is 13.2 Å². The van der Waals surface area contributed by atoms with Crippen LogP contribution in [0.25, 0.3) is 0 Å². The number of nitrogens with zero attached hydrogens (tertiary/aromatic N) is 1. The highest BCUT2D eigenvalue weighted by Crippen LogP contribution is 2.14. The summed E-state index contributed by atoms with van der Waals surface area (Å²) in [4.78, 5) is 12.3. The van der Waals surface area contributed by atoms with Gasteiger partial charge in [-0.3, -0.25) is 4.79 Å². The van der Waals surface area contributed by atoms with Crippen LogP contribution in [-0.4, -0.2) is 51.9 Å². The lowest BCUT2D eigenvalue weighted by atomic mass is 10.1. The topological polar surface area (TPSA) is 78.5 Å². The zero-order valence-electron chi connectivity index (χ0n) is 12.7. The third-order valence-electron chi connectivity index (χ3n) is 3.53. The van der Waals surface area contributed by atoms with Crippen molar-refractivity contribution in [2.45, 2.75) is 23.8 Å². The molecule has 2 N–H and O–H groups in total. The summed E-state index contributed by atoms with van der Waals surface area (Å²) in [7, 11) is -0.499. The van der Waals surface area contributed by atoms with Crippen molar-refractivity contribution in [3.8, 4) is 0 Å². The van der Waals surface area contributed by atoms with Crippen molar-refractivity contribution in [2.24, 2.45) is 0 Å². The van der Waals surface area contributed by atoms with Crippen LogP contribution < -0.4 is 10.6 Å². The third-order valence-corrected chi connectivity index (χ3v) is 5.36. The number of rotatable bonds is 4. The van der Waals surface area contributed by atoms with Gasteiger partial charge in [0.15, 0.2) is 0 Å².